The molecule has 0 unspecified atom stereocenters. The molecule has 1 aliphatic heterocycles. The molecular formula is C21H24N4O3. The molecule has 0 radical (unpaired) electrons. The number of methoxy groups -OCH3 is 1. The number of benzene rings is 1. The molecule has 0 aliphatic carbocycles. The van der Waals surface area contributed by atoms with Gasteiger partial charge < -0.3 is 19.9 Å². The fourth-order valence-corrected chi connectivity index (χ4v) is 3.09. The lowest BCUT2D eigenvalue weighted by molar-refractivity contribution is 0.0746. The van der Waals surface area contributed by atoms with Gasteiger partial charge in [0.25, 0.3) is 11.8 Å². The van der Waals surface area contributed by atoms with E-state index in [1.54, 1.807) is 24.2 Å². The molecule has 1 fully saturated rings. The Kier molecular flexibility index (Phi) is 6.26. The summed E-state index contributed by atoms with van der Waals surface area (Å²) in [5.74, 6) is 0.439. The first-order chi connectivity index (χ1) is 13.6. The highest BCUT2D eigenvalue weighted by Gasteiger charge is 2.23. The van der Waals surface area contributed by atoms with Crippen molar-refractivity contribution in [2.24, 2.45) is 0 Å². The number of hydrogen-bond acceptors (Lipinski definition) is 5. The Labute approximate surface area is 164 Å². The van der Waals surface area contributed by atoms with E-state index in [1.165, 1.54) is 12.4 Å². The van der Waals surface area contributed by atoms with Crippen molar-refractivity contribution in [2.75, 3.05) is 44.7 Å². The van der Waals surface area contributed by atoms with Gasteiger partial charge in [0.1, 0.15) is 5.75 Å². The van der Waals surface area contributed by atoms with E-state index in [1.807, 2.05) is 24.3 Å². The van der Waals surface area contributed by atoms with E-state index in [-0.39, 0.29) is 11.8 Å². The van der Waals surface area contributed by atoms with E-state index in [9.17, 15) is 9.59 Å². The van der Waals surface area contributed by atoms with Crippen LogP contribution < -0.4 is 15.0 Å². The maximum absolute atomic E-state index is 12.8. The molecule has 1 saturated heterocycles. The monoisotopic (exact) mass is 380 g/mol. The Morgan fingerprint density at radius 1 is 1.14 bits per heavy atom. The summed E-state index contributed by atoms with van der Waals surface area (Å²) in [7, 11) is 1.65. The summed E-state index contributed by atoms with van der Waals surface area (Å²) >= 11 is 0. The lowest BCUT2D eigenvalue weighted by Gasteiger charge is -2.36. The van der Waals surface area contributed by atoms with E-state index in [0.29, 0.717) is 30.8 Å². The molecule has 7 heteroatoms. The van der Waals surface area contributed by atoms with E-state index < -0.39 is 0 Å². The van der Waals surface area contributed by atoms with E-state index in [2.05, 4.69) is 21.8 Å². The van der Waals surface area contributed by atoms with Gasteiger partial charge in [0.05, 0.1) is 18.2 Å². The minimum absolute atomic E-state index is 0.111. The zero-order valence-corrected chi connectivity index (χ0v) is 15.9. The first-order valence-electron chi connectivity index (χ1n) is 9.15. The third kappa shape index (κ3) is 4.49. The van der Waals surface area contributed by atoms with Gasteiger partial charge >= 0.3 is 0 Å². The normalized spacial score (nSPS) is 13.8. The van der Waals surface area contributed by atoms with Gasteiger partial charge in [0, 0.05) is 50.8 Å². The zero-order chi connectivity index (χ0) is 19.9. The van der Waals surface area contributed by atoms with Crippen LogP contribution in [0, 0.1) is 0 Å². The average molecular weight is 380 g/mol. The van der Waals surface area contributed by atoms with Crippen LogP contribution >= 0.6 is 0 Å². The highest BCUT2D eigenvalue weighted by molar-refractivity contribution is 5.99. The molecular weight excluding hydrogens is 356 g/mol. The van der Waals surface area contributed by atoms with Gasteiger partial charge in [-0.15, -0.1) is 6.58 Å². The number of aromatic nitrogens is 1. The summed E-state index contributed by atoms with van der Waals surface area (Å²) in [6.45, 7) is 6.63. The van der Waals surface area contributed by atoms with Crippen molar-refractivity contribution < 1.29 is 14.3 Å². The van der Waals surface area contributed by atoms with E-state index >= 15 is 0 Å². The maximum Gasteiger partial charge on any atom is 0.255 e. The standard InChI is InChI=1S/C21H24N4O3/c1-3-8-23-20(26)16-13-17(15-22-14-16)21(27)25-11-9-24(10-12-25)18-4-6-19(28-2)7-5-18/h3-7,13-15H,1,8-12H2,2H3,(H,23,26). The van der Waals surface area contributed by atoms with Crippen LogP contribution in [-0.2, 0) is 0 Å². The molecule has 0 bridgehead atoms. The number of pyridine rings is 1. The molecule has 146 valence electrons. The number of ether oxygens (including phenoxy) is 1. The van der Waals surface area contributed by atoms with Gasteiger partial charge in [-0.05, 0) is 30.3 Å². The SMILES string of the molecule is C=CCNC(=O)c1cncc(C(=O)N2CCN(c3ccc(OC)cc3)CC2)c1. The second-order valence-electron chi connectivity index (χ2n) is 6.44. The Morgan fingerprint density at radius 2 is 1.82 bits per heavy atom. The van der Waals surface area contributed by atoms with Gasteiger partial charge in [-0.25, -0.2) is 0 Å². The van der Waals surface area contributed by atoms with Gasteiger partial charge in [-0.1, -0.05) is 6.08 Å². The molecule has 0 saturated carbocycles. The Hall–Kier alpha value is -3.35. The summed E-state index contributed by atoms with van der Waals surface area (Å²) in [5.41, 5.74) is 1.89. The predicted octanol–water partition coefficient (Wildman–Crippen LogP) is 1.97. The Balaban J connectivity index is 1.61. The Morgan fingerprint density at radius 3 is 2.46 bits per heavy atom. The second kappa shape index (κ2) is 9.03. The molecule has 0 spiro atoms. The minimum atomic E-state index is -0.272. The van der Waals surface area contributed by atoms with Crippen LogP contribution in [0.3, 0.4) is 0 Å². The number of anilines is 1. The number of hydrogen-bond donors (Lipinski definition) is 1. The van der Waals surface area contributed by atoms with Crippen molar-refractivity contribution in [1.82, 2.24) is 15.2 Å². The lowest BCUT2D eigenvalue weighted by atomic mass is 10.1. The summed E-state index contributed by atoms with van der Waals surface area (Å²) in [6.07, 6.45) is 4.56. The van der Waals surface area contributed by atoms with Crippen LogP contribution in [0.15, 0.2) is 55.4 Å². The first-order valence-corrected chi connectivity index (χ1v) is 9.15. The third-order valence-electron chi connectivity index (χ3n) is 4.66. The largest absolute Gasteiger partial charge is 0.497 e. The molecule has 2 aromatic rings. The molecule has 0 atom stereocenters. The van der Waals surface area contributed by atoms with Crippen LogP contribution in [0.1, 0.15) is 20.7 Å². The number of nitrogens with one attached hydrogen (secondary N) is 1. The van der Waals surface area contributed by atoms with E-state index in [4.69, 9.17) is 4.74 Å². The quantitative estimate of drug-likeness (QED) is 0.776. The fourth-order valence-electron chi connectivity index (χ4n) is 3.09. The van der Waals surface area contributed by atoms with Gasteiger partial charge in [-0.3, -0.25) is 14.6 Å². The molecule has 3 rings (SSSR count). The van der Waals surface area contributed by atoms with Crippen LogP contribution in [0.4, 0.5) is 5.69 Å². The highest BCUT2D eigenvalue weighted by Crippen LogP contribution is 2.21. The van der Waals surface area contributed by atoms with Crippen LogP contribution in [0.2, 0.25) is 0 Å². The molecule has 7 nitrogen and oxygen atoms in total. The fraction of sp³-hybridized carbons (Fsp3) is 0.286. The smallest absolute Gasteiger partial charge is 0.255 e. The van der Waals surface area contributed by atoms with Crippen molar-refractivity contribution in [2.45, 2.75) is 0 Å². The highest BCUT2D eigenvalue weighted by atomic mass is 16.5. The maximum atomic E-state index is 12.8. The summed E-state index contributed by atoms with van der Waals surface area (Å²) in [5, 5.41) is 2.69. The number of nitrogens with zero attached hydrogens (tertiary/aromatic N) is 3. The predicted molar refractivity (Wildman–Crippen MR) is 108 cm³/mol. The molecule has 1 N–H and O–H groups in total. The van der Waals surface area contributed by atoms with Gasteiger partial charge in [0.15, 0.2) is 0 Å². The molecule has 1 aromatic carbocycles. The van der Waals surface area contributed by atoms with Crippen molar-refractivity contribution in [1.29, 1.82) is 0 Å². The molecule has 28 heavy (non-hydrogen) atoms. The summed E-state index contributed by atoms with van der Waals surface area (Å²) in [6, 6.07) is 9.49. The van der Waals surface area contributed by atoms with E-state index in [0.717, 1.165) is 24.5 Å². The van der Waals surface area contributed by atoms with Gasteiger partial charge in [-0.2, -0.15) is 0 Å². The van der Waals surface area contributed by atoms with Crippen molar-refractivity contribution >= 4 is 17.5 Å². The molecule has 2 amide bonds. The van der Waals surface area contributed by atoms with Crippen LogP contribution in [-0.4, -0.2) is 61.5 Å². The number of carbonyl (C=O) groups is 2. The molecule has 1 aliphatic rings. The second-order valence-corrected chi connectivity index (χ2v) is 6.44. The third-order valence-corrected chi connectivity index (χ3v) is 4.66. The minimum Gasteiger partial charge on any atom is -0.497 e. The summed E-state index contributed by atoms with van der Waals surface area (Å²) in [4.78, 5) is 33.0. The lowest BCUT2D eigenvalue weighted by Crippen LogP contribution is -2.48. The van der Waals surface area contributed by atoms with Crippen molar-refractivity contribution in [3.8, 4) is 5.75 Å². The van der Waals surface area contributed by atoms with Crippen LogP contribution in [0.25, 0.3) is 0 Å². The van der Waals surface area contributed by atoms with Crippen molar-refractivity contribution in [3.05, 3.63) is 66.5 Å². The molecule has 1 aromatic heterocycles. The average Bonchev–Trinajstić information content (AvgIpc) is 2.77. The number of rotatable bonds is 6. The molecule has 2 heterocycles. The number of amides is 2. The van der Waals surface area contributed by atoms with Crippen molar-refractivity contribution in [3.63, 3.8) is 0 Å². The van der Waals surface area contributed by atoms with Gasteiger partial charge in [0.2, 0.25) is 0 Å². The number of carbonyl (C=O) groups excluding carboxylic acids is 2. The summed E-state index contributed by atoms with van der Waals surface area (Å²) < 4.78 is 5.19. The topological polar surface area (TPSA) is 74.8 Å². The Bertz CT molecular complexity index is 843. The first kappa shape index (κ1) is 19.4. The zero-order valence-electron chi connectivity index (χ0n) is 15.9. The van der Waals surface area contributed by atoms with Crippen LogP contribution in [0.5, 0.6) is 5.75 Å². The number of piperazine rings is 1.